The van der Waals surface area contributed by atoms with Crippen molar-refractivity contribution in [3.05, 3.63) is 62.9 Å². The van der Waals surface area contributed by atoms with Gasteiger partial charge in [-0.15, -0.1) is 0 Å². The van der Waals surface area contributed by atoms with Crippen molar-refractivity contribution in [2.24, 2.45) is 7.05 Å². The van der Waals surface area contributed by atoms with Crippen molar-refractivity contribution in [1.29, 1.82) is 0 Å². The number of para-hydroxylation sites is 1. The van der Waals surface area contributed by atoms with Crippen LogP contribution in [0, 0.1) is 0 Å². The predicted molar refractivity (Wildman–Crippen MR) is 107 cm³/mol. The Kier molecular flexibility index (Phi) is 5.44. The number of hydrogen-bond donors (Lipinski definition) is 0. The molecule has 3 rings (SSSR count). The molecule has 0 aliphatic rings. The lowest BCUT2D eigenvalue weighted by molar-refractivity contribution is 0.471. The highest BCUT2D eigenvalue weighted by Gasteiger charge is 2.14. The molecule has 6 nitrogen and oxygen atoms in total. The Bertz CT molecular complexity index is 1080. The van der Waals surface area contributed by atoms with Gasteiger partial charge in [0.1, 0.15) is 17.1 Å². The fourth-order valence-corrected chi connectivity index (χ4v) is 3.11. The van der Waals surface area contributed by atoms with Crippen molar-refractivity contribution in [1.82, 2.24) is 14.1 Å². The van der Waals surface area contributed by atoms with Gasteiger partial charge in [0.25, 0.3) is 5.56 Å². The van der Waals surface area contributed by atoms with E-state index in [1.165, 1.54) is 9.13 Å². The van der Waals surface area contributed by atoms with Crippen molar-refractivity contribution in [2.75, 3.05) is 0 Å². The van der Waals surface area contributed by atoms with E-state index in [-0.39, 0.29) is 11.2 Å². The van der Waals surface area contributed by atoms with Crippen molar-refractivity contribution in [3.8, 4) is 11.5 Å². The topological polar surface area (TPSA) is 66.1 Å². The van der Waals surface area contributed by atoms with E-state index in [1.54, 1.807) is 19.3 Å². The summed E-state index contributed by atoms with van der Waals surface area (Å²) in [7, 11) is 1.63. The molecule has 2 heterocycles. The number of pyridine rings is 1. The van der Waals surface area contributed by atoms with Crippen LogP contribution in [-0.4, -0.2) is 14.1 Å². The smallest absolute Gasteiger partial charge is 0.332 e. The van der Waals surface area contributed by atoms with Gasteiger partial charge in [0.2, 0.25) is 0 Å². The van der Waals surface area contributed by atoms with Gasteiger partial charge >= 0.3 is 5.69 Å². The normalized spacial score (nSPS) is 11.3. The Labute approximate surface area is 158 Å². The van der Waals surface area contributed by atoms with Crippen molar-refractivity contribution in [2.45, 2.75) is 46.1 Å². The molecule has 0 saturated heterocycles. The summed E-state index contributed by atoms with van der Waals surface area (Å²) in [5, 5.41) is 0.382. The third-order valence-electron chi connectivity index (χ3n) is 4.66. The molecule has 0 aliphatic heterocycles. The highest BCUT2D eigenvalue weighted by molar-refractivity contribution is 5.75. The van der Waals surface area contributed by atoms with Crippen LogP contribution in [0.5, 0.6) is 11.5 Å². The fourth-order valence-electron chi connectivity index (χ4n) is 3.11. The summed E-state index contributed by atoms with van der Waals surface area (Å²) in [5.41, 5.74) is 0.782. The summed E-state index contributed by atoms with van der Waals surface area (Å²) in [5.74, 6) is 1.53. The third-order valence-corrected chi connectivity index (χ3v) is 4.66. The van der Waals surface area contributed by atoms with Crippen LogP contribution in [0.3, 0.4) is 0 Å². The lowest BCUT2D eigenvalue weighted by Crippen LogP contribution is -2.39. The maximum absolute atomic E-state index is 12.8. The summed E-state index contributed by atoms with van der Waals surface area (Å²) in [4.78, 5) is 29.6. The van der Waals surface area contributed by atoms with Gasteiger partial charge in [0, 0.05) is 13.6 Å². The molecule has 0 amide bonds. The molecule has 27 heavy (non-hydrogen) atoms. The average Bonchev–Trinajstić information content (AvgIpc) is 2.66. The number of aromatic nitrogens is 3. The SMILES string of the molecule is CCCCn1c(=O)c2cc(Oc3ccccc3C(C)C)cnc2n(C)c1=O. The summed E-state index contributed by atoms with van der Waals surface area (Å²) < 4.78 is 8.72. The summed E-state index contributed by atoms with van der Waals surface area (Å²) in [6, 6.07) is 9.49. The van der Waals surface area contributed by atoms with Gasteiger partial charge in [0.15, 0.2) is 0 Å². The van der Waals surface area contributed by atoms with Crippen LogP contribution in [-0.2, 0) is 13.6 Å². The molecule has 0 unspecified atom stereocenters. The second-order valence-corrected chi connectivity index (χ2v) is 6.99. The quantitative estimate of drug-likeness (QED) is 0.664. The van der Waals surface area contributed by atoms with Gasteiger partial charge in [-0.3, -0.25) is 13.9 Å². The number of nitrogens with zero attached hydrogens (tertiary/aromatic N) is 3. The minimum absolute atomic E-state index is 0.307. The second-order valence-electron chi connectivity index (χ2n) is 6.99. The summed E-state index contributed by atoms with van der Waals surface area (Å²) >= 11 is 0. The number of rotatable bonds is 6. The van der Waals surface area contributed by atoms with Crippen LogP contribution in [0.2, 0.25) is 0 Å². The number of benzene rings is 1. The molecule has 0 spiro atoms. The van der Waals surface area contributed by atoms with E-state index in [1.807, 2.05) is 31.2 Å². The van der Waals surface area contributed by atoms with Crippen molar-refractivity contribution >= 4 is 11.0 Å². The molecule has 0 N–H and O–H groups in total. The molecule has 142 valence electrons. The minimum Gasteiger partial charge on any atom is -0.455 e. The first-order valence-corrected chi connectivity index (χ1v) is 9.30. The zero-order valence-corrected chi connectivity index (χ0v) is 16.2. The Balaban J connectivity index is 2.10. The predicted octanol–water partition coefficient (Wildman–Crippen LogP) is 3.81. The molecule has 0 fully saturated rings. The molecule has 0 bridgehead atoms. The number of ether oxygens (including phenoxy) is 1. The Hall–Kier alpha value is -2.89. The van der Waals surface area contributed by atoms with Crippen LogP contribution >= 0.6 is 0 Å². The van der Waals surface area contributed by atoms with E-state index in [4.69, 9.17) is 4.74 Å². The fraction of sp³-hybridized carbons (Fsp3) is 0.381. The number of unbranched alkanes of at least 4 members (excludes halogenated alkanes) is 1. The monoisotopic (exact) mass is 367 g/mol. The lowest BCUT2D eigenvalue weighted by atomic mass is 10.0. The Morgan fingerprint density at radius 1 is 1.19 bits per heavy atom. The molecule has 6 heteroatoms. The molecule has 0 radical (unpaired) electrons. The Morgan fingerprint density at radius 3 is 2.63 bits per heavy atom. The van der Waals surface area contributed by atoms with E-state index < -0.39 is 0 Å². The maximum Gasteiger partial charge on any atom is 0.332 e. The molecule has 1 aromatic carbocycles. The maximum atomic E-state index is 12.8. The zero-order valence-electron chi connectivity index (χ0n) is 16.2. The largest absolute Gasteiger partial charge is 0.455 e. The van der Waals surface area contributed by atoms with Crippen molar-refractivity contribution in [3.63, 3.8) is 0 Å². The summed E-state index contributed by atoms with van der Waals surface area (Å²) in [6.07, 6.45) is 3.22. The standard InChI is InChI=1S/C21H25N3O3/c1-5-6-11-24-20(25)17-12-15(13-22-19(17)23(4)21(24)26)27-18-10-8-7-9-16(18)14(2)3/h7-10,12-14H,5-6,11H2,1-4H3. The first-order valence-electron chi connectivity index (χ1n) is 9.30. The van der Waals surface area contributed by atoms with Gasteiger partial charge in [0.05, 0.1) is 11.6 Å². The molecule has 0 saturated carbocycles. The molecule has 0 atom stereocenters. The van der Waals surface area contributed by atoms with E-state index in [0.717, 1.165) is 24.2 Å². The van der Waals surface area contributed by atoms with Crippen molar-refractivity contribution < 1.29 is 4.74 Å². The highest BCUT2D eigenvalue weighted by Crippen LogP contribution is 2.30. The van der Waals surface area contributed by atoms with Crippen LogP contribution < -0.4 is 16.0 Å². The molecular formula is C21H25N3O3. The zero-order chi connectivity index (χ0) is 19.6. The average molecular weight is 367 g/mol. The molecule has 3 aromatic rings. The Morgan fingerprint density at radius 2 is 1.93 bits per heavy atom. The highest BCUT2D eigenvalue weighted by atomic mass is 16.5. The number of fused-ring (bicyclic) bond motifs is 1. The first-order chi connectivity index (χ1) is 12.9. The van der Waals surface area contributed by atoms with Gasteiger partial charge < -0.3 is 4.74 Å². The minimum atomic E-state index is -0.340. The second kappa shape index (κ2) is 7.78. The van der Waals surface area contributed by atoms with Gasteiger partial charge in [-0.2, -0.15) is 0 Å². The first kappa shape index (κ1) is 18.9. The number of hydrogen-bond acceptors (Lipinski definition) is 4. The van der Waals surface area contributed by atoms with E-state index in [0.29, 0.717) is 29.2 Å². The number of aryl methyl sites for hydroxylation is 1. The third kappa shape index (κ3) is 3.65. The van der Waals surface area contributed by atoms with E-state index in [2.05, 4.69) is 18.8 Å². The van der Waals surface area contributed by atoms with E-state index >= 15 is 0 Å². The summed E-state index contributed by atoms with van der Waals surface area (Å²) in [6.45, 7) is 6.63. The van der Waals surface area contributed by atoms with Crippen LogP contribution in [0.25, 0.3) is 11.0 Å². The van der Waals surface area contributed by atoms with Crippen LogP contribution in [0.15, 0.2) is 46.1 Å². The van der Waals surface area contributed by atoms with Crippen LogP contribution in [0.4, 0.5) is 0 Å². The molecule has 2 aromatic heterocycles. The van der Waals surface area contributed by atoms with Crippen LogP contribution in [0.1, 0.15) is 45.1 Å². The molecule has 0 aliphatic carbocycles. The van der Waals surface area contributed by atoms with Gasteiger partial charge in [-0.25, -0.2) is 9.78 Å². The lowest BCUT2D eigenvalue weighted by Gasteiger charge is -2.14. The van der Waals surface area contributed by atoms with Gasteiger partial charge in [-0.05, 0) is 30.0 Å². The van der Waals surface area contributed by atoms with Gasteiger partial charge in [-0.1, -0.05) is 45.4 Å². The van der Waals surface area contributed by atoms with E-state index in [9.17, 15) is 9.59 Å². The molecular weight excluding hydrogens is 342 g/mol.